The molecule has 1 atom stereocenters. The van der Waals surface area contributed by atoms with Crippen LogP contribution in [0.15, 0.2) is 0 Å². The van der Waals surface area contributed by atoms with Gasteiger partial charge in [-0.15, -0.1) is 0 Å². The lowest BCUT2D eigenvalue weighted by Crippen LogP contribution is -2.54. The smallest absolute Gasteiger partial charge is 0.279 e. The van der Waals surface area contributed by atoms with E-state index in [1.807, 2.05) is 6.92 Å². The Labute approximate surface area is 99.0 Å². The van der Waals surface area contributed by atoms with E-state index in [4.69, 9.17) is 0 Å². The van der Waals surface area contributed by atoms with Crippen LogP contribution in [0.3, 0.4) is 0 Å². The van der Waals surface area contributed by atoms with Gasteiger partial charge in [0.2, 0.25) is 0 Å². The molecule has 2 N–H and O–H groups in total. The highest BCUT2D eigenvalue weighted by atomic mass is 32.2. The van der Waals surface area contributed by atoms with Gasteiger partial charge in [0.1, 0.15) is 0 Å². The monoisotopic (exact) mass is 252 g/mol. The Kier molecular flexibility index (Phi) is 5.89. The number of nitrogens with zero attached hydrogens (tertiary/aromatic N) is 1. The summed E-state index contributed by atoms with van der Waals surface area (Å²) < 4.78 is 27.5. The topological polar surface area (TPSA) is 69.6 Å². The maximum absolute atomic E-state index is 11.9. The van der Waals surface area contributed by atoms with Crippen molar-refractivity contribution in [2.75, 3.05) is 13.6 Å². The average molecular weight is 252 g/mol. The van der Waals surface area contributed by atoms with Crippen molar-refractivity contribution in [1.82, 2.24) is 9.03 Å². The van der Waals surface area contributed by atoms with Crippen LogP contribution in [0.5, 0.6) is 0 Å². The molecule has 0 aliphatic heterocycles. The second-order valence-electron chi connectivity index (χ2n) is 4.68. The maximum atomic E-state index is 11.9. The van der Waals surface area contributed by atoms with Crippen molar-refractivity contribution in [2.24, 2.45) is 0 Å². The molecule has 0 saturated carbocycles. The highest BCUT2D eigenvalue weighted by Gasteiger charge is 2.31. The Morgan fingerprint density at radius 3 is 2.31 bits per heavy atom. The molecule has 0 aliphatic carbocycles. The highest BCUT2D eigenvalue weighted by Crippen LogP contribution is 2.11. The van der Waals surface area contributed by atoms with Crippen LogP contribution in [-0.4, -0.2) is 43.1 Å². The van der Waals surface area contributed by atoms with Crippen LogP contribution < -0.4 is 4.72 Å². The van der Waals surface area contributed by atoms with Gasteiger partial charge in [0.05, 0.1) is 11.6 Å². The number of hydrogen-bond acceptors (Lipinski definition) is 3. The van der Waals surface area contributed by atoms with Crippen molar-refractivity contribution in [1.29, 1.82) is 0 Å². The molecule has 1 unspecified atom stereocenters. The molecule has 6 heteroatoms. The van der Waals surface area contributed by atoms with Gasteiger partial charge in [-0.3, -0.25) is 0 Å². The quantitative estimate of drug-likeness (QED) is 0.701. The van der Waals surface area contributed by atoms with Gasteiger partial charge in [0, 0.05) is 13.6 Å². The summed E-state index contributed by atoms with van der Waals surface area (Å²) in [5.74, 6) is 0. The summed E-state index contributed by atoms with van der Waals surface area (Å²) in [6, 6.07) is 0. The van der Waals surface area contributed by atoms with Crippen LogP contribution in [0.25, 0.3) is 0 Å². The Bertz CT molecular complexity index is 299. The molecular formula is C10H24N2O3S. The summed E-state index contributed by atoms with van der Waals surface area (Å²) in [6.07, 6.45) is 1.02. The summed E-state index contributed by atoms with van der Waals surface area (Å²) in [5.41, 5.74) is -0.862. The number of hydrogen-bond donors (Lipinski definition) is 2. The van der Waals surface area contributed by atoms with Crippen LogP contribution in [0, 0.1) is 0 Å². The van der Waals surface area contributed by atoms with Crippen molar-refractivity contribution >= 4 is 10.2 Å². The lowest BCUT2D eigenvalue weighted by Gasteiger charge is -2.31. The lowest BCUT2D eigenvalue weighted by molar-refractivity contribution is 0.110. The Morgan fingerprint density at radius 2 is 1.94 bits per heavy atom. The molecule has 0 radical (unpaired) electrons. The van der Waals surface area contributed by atoms with Crippen LogP contribution >= 0.6 is 0 Å². The molecule has 0 heterocycles. The first-order valence-corrected chi connectivity index (χ1v) is 7.00. The van der Waals surface area contributed by atoms with Crippen molar-refractivity contribution in [3.05, 3.63) is 0 Å². The molecule has 0 spiro atoms. The molecule has 0 aliphatic rings. The minimum atomic E-state index is -3.51. The zero-order chi connectivity index (χ0) is 13.0. The molecule has 0 aromatic heterocycles. The van der Waals surface area contributed by atoms with Gasteiger partial charge in [-0.1, -0.05) is 13.3 Å². The number of aliphatic hydroxyl groups excluding tert-OH is 1. The standard InChI is InChI=1S/C10H24N2O3S/c1-6-7-8-12(5)16(14,15)11-10(3,4)9(2)13/h9,11,13H,6-8H2,1-5H3. The normalized spacial score (nSPS) is 15.4. The number of aliphatic hydroxyl groups is 1. The molecule has 0 fully saturated rings. The SMILES string of the molecule is CCCCN(C)S(=O)(=O)NC(C)(C)C(C)O. The van der Waals surface area contributed by atoms with Gasteiger partial charge in [-0.25, -0.2) is 0 Å². The van der Waals surface area contributed by atoms with E-state index in [2.05, 4.69) is 4.72 Å². The molecular weight excluding hydrogens is 228 g/mol. The minimum Gasteiger partial charge on any atom is -0.391 e. The molecule has 0 saturated heterocycles. The zero-order valence-electron chi connectivity index (χ0n) is 10.8. The second kappa shape index (κ2) is 5.95. The summed E-state index contributed by atoms with van der Waals surface area (Å²) in [4.78, 5) is 0. The molecule has 0 rings (SSSR count). The van der Waals surface area contributed by atoms with Crippen LogP contribution in [0.4, 0.5) is 0 Å². The molecule has 0 bridgehead atoms. The van der Waals surface area contributed by atoms with Crippen LogP contribution in [-0.2, 0) is 10.2 Å². The fourth-order valence-electron chi connectivity index (χ4n) is 0.997. The van der Waals surface area contributed by atoms with Crippen molar-refractivity contribution < 1.29 is 13.5 Å². The average Bonchev–Trinajstić information content (AvgIpc) is 2.12. The number of nitrogens with one attached hydrogen (secondary N) is 1. The largest absolute Gasteiger partial charge is 0.391 e. The first kappa shape index (κ1) is 15.8. The number of rotatable bonds is 7. The van der Waals surface area contributed by atoms with E-state index in [9.17, 15) is 13.5 Å². The molecule has 0 aromatic rings. The predicted octanol–water partition coefficient (Wildman–Crippen LogP) is 0.712. The summed E-state index contributed by atoms with van der Waals surface area (Å²) >= 11 is 0. The second-order valence-corrected chi connectivity index (χ2v) is 6.46. The van der Waals surface area contributed by atoms with Gasteiger partial charge in [0.15, 0.2) is 0 Å². The molecule has 5 nitrogen and oxygen atoms in total. The van der Waals surface area contributed by atoms with E-state index in [0.29, 0.717) is 6.54 Å². The third-order valence-electron chi connectivity index (χ3n) is 2.67. The first-order chi connectivity index (χ1) is 7.13. The van der Waals surface area contributed by atoms with Crippen LogP contribution in [0.2, 0.25) is 0 Å². The predicted molar refractivity (Wildman–Crippen MR) is 65.4 cm³/mol. The fourth-order valence-corrected chi connectivity index (χ4v) is 2.36. The van der Waals surface area contributed by atoms with Crippen molar-refractivity contribution in [3.63, 3.8) is 0 Å². The van der Waals surface area contributed by atoms with E-state index >= 15 is 0 Å². The Morgan fingerprint density at radius 1 is 1.44 bits per heavy atom. The molecule has 16 heavy (non-hydrogen) atoms. The van der Waals surface area contributed by atoms with Crippen molar-refractivity contribution in [3.8, 4) is 0 Å². The summed E-state index contributed by atoms with van der Waals surface area (Å²) in [7, 11) is -1.97. The third-order valence-corrected chi connectivity index (χ3v) is 4.46. The minimum absolute atomic E-state index is 0.488. The van der Waals surface area contributed by atoms with Gasteiger partial charge in [-0.05, 0) is 27.2 Å². The van der Waals surface area contributed by atoms with Crippen LogP contribution in [0.1, 0.15) is 40.5 Å². The fraction of sp³-hybridized carbons (Fsp3) is 1.00. The van der Waals surface area contributed by atoms with E-state index in [-0.39, 0.29) is 0 Å². The summed E-state index contributed by atoms with van der Waals surface area (Å²) in [5, 5.41) is 9.46. The number of unbranched alkanes of at least 4 members (excludes halogenated alkanes) is 1. The van der Waals surface area contributed by atoms with Gasteiger partial charge in [-0.2, -0.15) is 17.4 Å². The highest BCUT2D eigenvalue weighted by molar-refractivity contribution is 7.87. The van der Waals surface area contributed by atoms with E-state index < -0.39 is 21.9 Å². The zero-order valence-corrected chi connectivity index (χ0v) is 11.6. The van der Waals surface area contributed by atoms with E-state index in [1.165, 1.54) is 11.4 Å². The van der Waals surface area contributed by atoms with Gasteiger partial charge < -0.3 is 5.11 Å². The van der Waals surface area contributed by atoms with E-state index in [0.717, 1.165) is 12.8 Å². The Hall–Kier alpha value is -0.170. The van der Waals surface area contributed by atoms with Gasteiger partial charge >= 0.3 is 0 Å². The summed E-state index contributed by atoms with van der Waals surface area (Å²) in [6.45, 7) is 7.37. The maximum Gasteiger partial charge on any atom is 0.279 e. The van der Waals surface area contributed by atoms with Crippen molar-refractivity contribution in [2.45, 2.75) is 52.2 Å². The molecule has 98 valence electrons. The molecule has 0 aromatic carbocycles. The molecule has 0 amide bonds. The first-order valence-electron chi connectivity index (χ1n) is 5.56. The van der Waals surface area contributed by atoms with E-state index in [1.54, 1.807) is 20.8 Å². The van der Waals surface area contributed by atoms with Gasteiger partial charge in [0.25, 0.3) is 10.2 Å². The lowest BCUT2D eigenvalue weighted by atomic mass is 10.0. The third kappa shape index (κ3) is 4.78. The Balaban J connectivity index is 4.57.